The molecule has 2 aromatic carbocycles. The highest BCUT2D eigenvalue weighted by molar-refractivity contribution is 7.99. The summed E-state index contributed by atoms with van der Waals surface area (Å²) in [7, 11) is 0. The molecule has 0 bridgehead atoms. The maximum Gasteiger partial charge on any atom is 0.261 e. The zero-order chi connectivity index (χ0) is 13.9. The Morgan fingerprint density at radius 1 is 1.10 bits per heavy atom. The van der Waals surface area contributed by atoms with Crippen molar-refractivity contribution < 1.29 is 4.42 Å². The van der Waals surface area contributed by atoms with Crippen LogP contribution in [0, 0.1) is 11.3 Å². The van der Waals surface area contributed by atoms with E-state index in [2.05, 4.69) is 11.1 Å². The summed E-state index contributed by atoms with van der Waals surface area (Å²) in [5.41, 5.74) is 2.26. The Hall–Kier alpha value is -1.90. The van der Waals surface area contributed by atoms with Gasteiger partial charge in [0, 0.05) is 9.79 Å². The van der Waals surface area contributed by atoms with E-state index in [1.807, 2.05) is 48.7 Å². The quantitative estimate of drug-likeness (QED) is 0.663. The lowest BCUT2D eigenvalue weighted by molar-refractivity contribution is 0.489. The molecule has 0 N–H and O–H groups in total. The van der Waals surface area contributed by atoms with Crippen LogP contribution in [0.2, 0.25) is 0 Å². The molecule has 0 saturated heterocycles. The number of hydrogen-bond donors (Lipinski definition) is 0. The number of oxazole rings is 1. The van der Waals surface area contributed by atoms with Crippen molar-refractivity contribution in [2.75, 3.05) is 6.26 Å². The lowest BCUT2D eigenvalue weighted by Gasteiger charge is -2.04. The van der Waals surface area contributed by atoms with Crippen LogP contribution >= 0.6 is 23.5 Å². The van der Waals surface area contributed by atoms with Crippen molar-refractivity contribution in [3.63, 3.8) is 0 Å². The van der Waals surface area contributed by atoms with E-state index in [0.717, 1.165) is 20.9 Å². The van der Waals surface area contributed by atoms with E-state index in [4.69, 9.17) is 4.42 Å². The van der Waals surface area contributed by atoms with Crippen LogP contribution in [-0.4, -0.2) is 11.2 Å². The largest absolute Gasteiger partial charge is 0.431 e. The smallest absolute Gasteiger partial charge is 0.261 e. The molecule has 1 aromatic heterocycles. The van der Waals surface area contributed by atoms with Crippen molar-refractivity contribution >= 4 is 34.6 Å². The number of hydrogen-bond acceptors (Lipinski definition) is 5. The predicted octanol–water partition coefficient (Wildman–Crippen LogP) is 4.57. The van der Waals surface area contributed by atoms with Gasteiger partial charge in [-0.2, -0.15) is 5.26 Å². The van der Waals surface area contributed by atoms with Gasteiger partial charge < -0.3 is 4.42 Å². The lowest BCUT2D eigenvalue weighted by Crippen LogP contribution is -1.85. The van der Waals surface area contributed by atoms with Gasteiger partial charge in [-0.1, -0.05) is 18.2 Å². The molecule has 0 fully saturated rings. The highest BCUT2D eigenvalue weighted by atomic mass is 32.2. The topological polar surface area (TPSA) is 49.8 Å². The van der Waals surface area contributed by atoms with E-state index in [1.165, 1.54) is 11.8 Å². The first-order valence-corrected chi connectivity index (χ1v) is 7.96. The number of fused-ring (bicyclic) bond motifs is 1. The molecule has 3 aromatic rings. The number of aromatic nitrogens is 1. The van der Waals surface area contributed by atoms with Gasteiger partial charge in [0.15, 0.2) is 5.58 Å². The highest BCUT2D eigenvalue weighted by Gasteiger charge is 2.12. The predicted molar refractivity (Wildman–Crippen MR) is 81.1 cm³/mol. The standard InChI is InChI=1S/C15H10N2OS2/c1-19-13-7-4-8-14(10(13)9-16)20-15-17-11-5-2-3-6-12(11)18-15/h2-8H,1H3. The van der Waals surface area contributed by atoms with Crippen molar-refractivity contribution in [2.24, 2.45) is 0 Å². The molecule has 20 heavy (non-hydrogen) atoms. The average molecular weight is 298 g/mol. The van der Waals surface area contributed by atoms with E-state index < -0.39 is 0 Å². The Balaban J connectivity index is 2.01. The van der Waals surface area contributed by atoms with Gasteiger partial charge in [-0.05, 0) is 42.3 Å². The Morgan fingerprint density at radius 2 is 1.90 bits per heavy atom. The summed E-state index contributed by atoms with van der Waals surface area (Å²) in [6.45, 7) is 0. The van der Waals surface area contributed by atoms with Crippen molar-refractivity contribution in [3.05, 3.63) is 48.0 Å². The minimum absolute atomic E-state index is 0.556. The third-order valence-electron chi connectivity index (χ3n) is 2.79. The van der Waals surface area contributed by atoms with E-state index in [9.17, 15) is 5.26 Å². The molecule has 0 atom stereocenters. The van der Waals surface area contributed by atoms with Gasteiger partial charge in [0.25, 0.3) is 5.22 Å². The van der Waals surface area contributed by atoms with Crippen LogP contribution in [0.15, 0.2) is 61.9 Å². The summed E-state index contributed by atoms with van der Waals surface area (Å²) in [5, 5.41) is 9.88. The maximum absolute atomic E-state index is 9.32. The molecule has 0 saturated carbocycles. The van der Waals surface area contributed by atoms with Gasteiger partial charge in [0.2, 0.25) is 0 Å². The van der Waals surface area contributed by atoms with Gasteiger partial charge in [0.1, 0.15) is 11.6 Å². The molecule has 0 aliphatic heterocycles. The van der Waals surface area contributed by atoms with Crippen molar-refractivity contribution in [1.29, 1.82) is 5.26 Å². The minimum Gasteiger partial charge on any atom is -0.431 e. The maximum atomic E-state index is 9.32. The molecule has 0 spiro atoms. The zero-order valence-corrected chi connectivity index (χ0v) is 12.3. The van der Waals surface area contributed by atoms with E-state index in [1.54, 1.807) is 11.8 Å². The molecule has 0 aliphatic carbocycles. The van der Waals surface area contributed by atoms with Gasteiger partial charge in [-0.25, -0.2) is 4.98 Å². The summed E-state index contributed by atoms with van der Waals surface area (Å²) in [5.74, 6) is 0. The van der Waals surface area contributed by atoms with Gasteiger partial charge in [-0.3, -0.25) is 0 Å². The molecule has 0 radical (unpaired) electrons. The highest BCUT2D eigenvalue weighted by Crippen LogP contribution is 2.35. The second kappa shape index (κ2) is 5.61. The normalized spacial score (nSPS) is 10.6. The SMILES string of the molecule is CSc1cccc(Sc2nc3ccccc3o2)c1C#N. The van der Waals surface area contributed by atoms with Crippen molar-refractivity contribution in [3.8, 4) is 6.07 Å². The summed E-state index contributed by atoms with van der Waals surface area (Å²) in [6, 6.07) is 15.7. The monoisotopic (exact) mass is 298 g/mol. The van der Waals surface area contributed by atoms with E-state index in [-0.39, 0.29) is 0 Å². The molecule has 98 valence electrons. The van der Waals surface area contributed by atoms with Crippen LogP contribution in [0.4, 0.5) is 0 Å². The zero-order valence-electron chi connectivity index (χ0n) is 10.7. The number of thioether (sulfide) groups is 1. The Labute approximate surface area is 125 Å². The summed E-state index contributed by atoms with van der Waals surface area (Å²) >= 11 is 2.94. The Bertz CT molecular complexity index is 772. The van der Waals surface area contributed by atoms with Crippen LogP contribution in [0.1, 0.15) is 5.56 Å². The van der Waals surface area contributed by atoms with Crippen LogP contribution < -0.4 is 0 Å². The first-order valence-electron chi connectivity index (χ1n) is 5.92. The average Bonchev–Trinajstić information content (AvgIpc) is 2.89. The van der Waals surface area contributed by atoms with E-state index >= 15 is 0 Å². The summed E-state index contributed by atoms with van der Waals surface area (Å²) < 4.78 is 5.68. The van der Waals surface area contributed by atoms with E-state index in [0.29, 0.717) is 10.8 Å². The summed E-state index contributed by atoms with van der Waals surface area (Å²) in [6.07, 6.45) is 1.96. The third kappa shape index (κ3) is 2.40. The number of para-hydroxylation sites is 2. The van der Waals surface area contributed by atoms with Crippen LogP contribution in [0.3, 0.4) is 0 Å². The van der Waals surface area contributed by atoms with Gasteiger partial charge in [0.05, 0.1) is 5.56 Å². The van der Waals surface area contributed by atoms with Gasteiger partial charge in [-0.15, -0.1) is 11.8 Å². The van der Waals surface area contributed by atoms with Crippen LogP contribution in [-0.2, 0) is 0 Å². The number of rotatable bonds is 3. The Kier molecular flexibility index (Phi) is 3.68. The van der Waals surface area contributed by atoms with Crippen molar-refractivity contribution in [1.82, 2.24) is 4.98 Å². The fourth-order valence-corrected chi connectivity index (χ4v) is 3.37. The second-order valence-electron chi connectivity index (χ2n) is 3.99. The molecule has 0 aliphatic rings. The third-order valence-corrected chi connectivity index (χ3v) is 4.48. The molecule has 0 unspecified atom stereocenters. The lowest BCUT2D eigenvalue weighted by atomic mass is 10.2. The number of benzene rings is 2. The second-order valence-corrected chi connectivity index (χ2v) is 5.84. The first-order chi connectivity index (χ1) is 9.81. The molecule has 3 nitrogen and oxygen atoms in total. The van der Waals surface area contributed by atoms with Crippen LogP contribution in [0.5, 0.6) is 0 Å². The van der Waals surface area contributed by atoms with Gasteiger partial charge >= 0.3 is 0 Å². The molecule has 1 heterocycles. The van der Waals surface area contributed by atoms with Crippen LogP contribution in [0.25, 0.3) is 11.1 Å². The first kappa shape index (κ1) is 13.1. The fraction of sp³-hybridized carbons (Fsp3) is 0.0667. The Morgan fingerprint density at radius 3 is 2.65 bits per heavy atom. The number of nitrogens with zero attached hydrogens (tertiary/aromatic N) is 2. The molecular formula is C15H10N2OS2. The number of nitriles is 1. The molecular weight excluding hydrogens is 288 g/mol. The molecule has 5 heteroatoms. The fourth-order valence-electron chi connectivity index (χ4n) is 1.87. The minimum atomic E-state index is 0.556. The van der Waals surface area contributed by atoms with Crippen molar-refractivity contribution in [2.45, 2.75) is 15.0 Å². The molecule has 3 rings (SSSR count). The summed E-state index contributed by atoms with van der Waals surface area (Å²) in [4.78, 5) is 6.25. The molecule has 0 amide bonds.